The Morgan fingerprint density at radius 2 is 1.69 bits per heavy atom. The topological polar surface area (TPSA) is 24.8 Å². The lowest BCUT2D eigenvalue weighted by Gasteiger charge is -2.20. The molecule has 0 atom stereocenters. The fourth-order valence-electron chi connectivity index (χ4n) is 4.22. The van der Waals surface area contributed by atoms with Crippen LogP contribution in [0.5, 0.6) is 5.75 Å². The van der Waals surface area contributed by atoms with E-state index < -0.39 is 0 Å². The normalized spacial score (nSPS) is 13.3. The second-order valence-electron chi connectivity index (χ2n) is 8.58. The van der Waals surface area contributed by atoms with Gasteiger partial charge in [-0.2, -0.15) is 0 Å². The Morgan fingerprint density at radius 1 is 0.889 bits per heavy atom. The van der Waals surface area contributed by atoms with Crippen molar-refractivity contribution in [1.29, 1.82) is 0 Å². The van der Waals surface area contributed by atoms with E-state index >= 15 is 0 Å². The number of hydrogen-bond donors (Lipinski definition) is 0. The molecule has 0 unspecified atom stereocenters. The Hall–Kier alpha value is -3.47. The maximum absolute atomic E-state index is 6.06. The van der Waals surface area contributed by atoms with Gasteiger partial charge in [-0.3, -0.25) is 4.99 Å². The van der Waals surface area contributed by atoms with Crippen LogP contribution in [0.2, 0.25) is 5.02 Å². The lowest BCUT2D eigenvalue weighted by Crippen LogP contribution is -2.20. The molecule has 36 heavy (non-hydrogen) atoms. The fraction of sp³-hybridized carbons (Fsp3) is 0.129. The minimum atomic E-state index is 0.747. The van der Waals surface area contributed by atoms with Crippen LogP contribution >= 0.6 is 23.4 Å². The molecule has 4 aromatic rings. The number of nitrogens with zero attached hydrogens (tertiary/aromatic N) is 2. The summed E-state index contributed by atoms with van der Waals surface area (Å²) in [7, 11) is 3.83. The molecule has 0 saturated carbocycles. The molecule has 0 saturated heterocycles. The van der Waals surface area contributed by atoms with E-state index in [1.54, 1.807) is 18.9 Å². The van der Waals surface area contributed by atoms with Gasteiger partial charge in [0.2, 0.25) is 0 Å². The summed E-state index contributed by atoms with van der Waals surface area (Å²) in [6.45, 7) is 1.62. The highest BCUT2D eigenvalue weighted by atomic mass is 35.5. The van der Waals surface area contributed by atoms with Gasteiger partial charge in [0.1, 0.15) is 5.75 Å². The quantitative estimate of drug-likeness (QED) is 0.262. The van der Waals surface area contributed by atoms with E-state index in [1.807, 2.05) is 24.3 Å². The molecule has 3 nitrogen and oxygen atoms in total. The van der Waals surface area contributed by atoms with Crippen molar-refractivity contribution in [1.82, 2.24) is 0 Å². The van der Waals surface area contributed by atoms with Crippen molar-refractivity contribution in [2.75, 3.05) is 32.1 Å². The van der Waals surface area contributed by atoms with Gasteiger partial charge < -0.3 is 9.64 Å². The fourth-order valence-corrected chi connectivity index (χ4v) is 5.28. The molecule has 180 valence electrons. The van der Waals surface area contributed by atoms with Crippen LogP contribution in [0.25, 0.3) is 17.2 Å². The third-order valence-electron chi connectivity index (χ3n) is 6.19. The molecule has 0 N–H and O–H groups in total. The zero-order chi connectivity index (χ0) is 24.9. The first-order valence-electron chi connectivity index (χ1n) is 11.9. The molecule has 4 aromatic carbocycles. The van der Waals surface area contributed by atoms with Crippen LogP contribution in [0, 0.1) is 0 Å². The standard InChI is InChI=1S/C31H27ClN2OS/c1-34-19-18-33-29(28-16-10-24(21-30(28)34)23-7-5-8-26(20-23)35-2)17-11-22-6-3-4-9-31(22)36-27-14-12-25(32)13-15-27/h3-17,20-21H,18-19H2,1-2H3. The van der Waals surface area contributed by atoms with E-state index in [1.165, 1.54) is 10.6 Å². The van der Waals surface area contributed by atoms with E-state index in [0.717, 1.165) is 56.7 Å². The number of likely N-dealkylation sites (N-methyl/N-ethyl adjacent to an activating group) is 1. The van der Waals surface area contributed by atoms with Crippen molar-refractivity contribution in [3.63, 3.8) is 0 Å². The second kappa shape index (κ2) is 11.1. The van der Waals surface area contributed by atoms with Gasteiger partial charge in [-0.15, -0.1) is 0 Å². The van der Waals surface area contributed by atoms with Gasteiger partial charge in [0.25, 0.3) is 0 Å². The second-order valence-corrected chi connectivity index (χ2v) is 10.1. The van der Waals surface area contributed by atoms with Crippen molar-refractivity contribution in [2.45, 2.75) is 9.79 Å². The van der Waals surface area contributed by atoms with Gasteiger partial charge in [0.15, 0.2) is 0 Å². The van der Waals surface area contributed by atoms with Crippen LogP contribution in [0.1, 0.15) is 11.1 Å². The Bertz CT molecular complexity index is 1430. The third kappa shape index (κ3) is 5.51. The first-order chi connectivity index (χ1) is 17.6. The molecule has 1 aliphatic heterocycles. The number of methoxy groups -OCH3 is 1. The molecule has 5 rings (SSSR count). The molecule has 0 amide bonds. The van der Waals surface area contributed by atoms with Crippen LogP contribution in [0.4, 0.5) is 5.69 Å². The lowest BCUT2D eigenvalue weighted by atomic mass is 9.99. The highest BCUT2D eigenvalue weighted by Crippen LogP contribution is 2.33. The van der Waals surface area contributed by atoms with Crippen LogP contribution in [0.3, 0.4) is 0 Å². The molecule has 1 aliphatic rings. The SMILES string of the molecule is COc1cccc(-c2ccc3c(c2)N(C)CCN=C3C=Cc2ccccc2Sc2ccc(Cl)cc2)c1. The Morgan fingerprint density at radius 3 is 2.53 bits per heavy atom. The number of ether oxygens (including phenoxy) is 1. The first-order valence-corrected chi connectivity index (χ1v) is 13.0. The first kappa shape index (κ1) is 24.2. The van der Waals surface area contributed by atoms with Crippen LogP contribution < -0.4 is 9.64 Å². The highest BCUT2D eigenvalue weighted by Gasteiger charge is 2.16. The minimum absolute atomic E-state index is 0.747. The summed E-state index contributed by atoms with van der Waals surface area (Å²) >= 11 is 7.80. The number of anilines is 1. The molecule has 1 heterocycles. The number of allylic oxidation sites excluding steroid dienone is 1. The lowest BCUT2D eigenvalue weighted by molar-refractivity contribution is 0.415. The molecule has 0 fully saturated rings. The number of hydrogen-bond acceptors (Lipinski definition) is 4. The van der Waals surface area contributed by atoms with E-state index in [9.17, 15) is 0 Å². The van der Waals surface area contributed by atoms with Gasteiger partial charge in [0, 0.05) is 39.7 Å². The van der Waals surface area contributed by atoms with E-state index in [0.29, 0.717) is 0 Å². The molecule has 0 aliphatic carbocycles. The van der Waals surface area contributed by atoms with Gasteiger partial charge in [-0.25, -0.2) is 0 Å². The number of benzene rings is 4. The van der Waals surface area contributed by atoms with Crippen LogP contribution in [-0.2, 0) is 0 Å². The zero-order valence-electron chi connectivity index (χ0n) is 20.3. The average molecular weight is 511 g/mol. The van der Waals surface area contributed by atoms with Crippen LogP contribution in [-0.4, -0.2) is 33.0 Å². The number of aliphatic imine (C=N–C) groups is 1. The third-order valence-corrected chi connectivity index (χ3v) is 7.54. The monoisotopic (exact) mass is 510 g/mol. The number of halogens is 1. The van der Waals surface area contributed by atoms with Crippen molar-refractivity contribution in [2.24, 2.45) is 4.99 Å². The molecule has 0 spiro atoms. The molecule has 0 bridgehead atoms. The number of rotatable bonds is 6. The maximum atomic E-state index is 6.06. The van der Waals surface area contributed by atoms with Gasteiger partial charge in [-0.05, 0) is 71.3 Å². The molecule has 0 radical (unpaired) electrons. The van der Waals surface area contributed by atoms with Crippen molar-refractivity contribution in [3.8, 4) is 16.9 Å². The smallest absolute Gasteiger partial charge is 0.119 e. The van der Waals surface area contributed by atoms with Crippen LogP contribution in [0.15, 0.2) is 112 Å². The summed E-state index contributed by atoms with van der Waals surface area (Å²) in [6, 6.07) is 31.2. The highest BCUT2D eigenvalue weighted by molar-refractivity contribution is 7.99. The molecular weight excluding hydrogens is 484 g/mol. The summed E-state index contributed by atoms with van der Waals surface area (Å²) in [5.74, 6) is 0.858. The summed E-state index contributed by atoms with van der Waals surface area (Å²) in [6.07, 6.45) is 4.31. The van der Waals surface area contributed by atoms with Crippen molar-refractivity contribution >= 4 is 40.8 Å². The maximum Gasteiger partial charge on any atom is 0.119 e. The zero-order valence-corrected chi connectivity index (χ0v) is 21.9. The largest absolute Gasteiger partial charge is 0.497 e. The van der Waals surface area contributed by atoms with Crippen molar-refractivity contribution < 1.29 is 4.74 Å². The predicted octanol–water partition coefficient (Wildman–Crippen LogP) is 8.12. The summed E-state index contributed by atoms with van der Waals surface area (Å²) in [4.78, 5) is 9.56. The van der Waals surface area contributed by atoms with E-state index in [2.05, 4.69) is 90.8 Å². The number of fused-ring (bicyclic) bond motifs is 1. The van der Waals surface area contributed by atoms with Crippen molar-refractivity contribution in [3.05, 3.63) is 113 Å². The van der Waals surface area contributed by atoms with E-state index in [-0.39, 0.29) is 0 Å². The Balaban J connectivity index is 1.45. The molecular formula is C31H27ClN2OS. The number of benzodiazepines with no additional fused rings is 1. The predicted molar refractivity (Wildman–Crippen MR) is 154 cm³/mol. The molecule has 5 heteroatoms. The Labute approximate surface area is 222 Å². The minimum Gasteiger partial charge on any atom is -0.497 e. The van der Waals surface area contributed by atoms with Gasteiger partial charge >= 0.3 is 0 Å². The summed E-state index contributed by atoms with van der Waals surface area (Å²) in [5, 5.41) is 0.747. The summed E-state index contributed by atoms with van der Waals surface area (Å²) in [5.41, 5.74) is 6.78. The molecule has 0 aromatic heterocycles. The van der Waals surface area contributed by atoms with E-state index in [4.69, 9.17) is 21.3 Å². The Kier molecular flexibility index (Phi) is 7.45. The average Bonchev–Trinajstić information content (AvgIpc) is 3.07. The van der Waals surface area contributed by atoms with Gasteiger partial charge in [0.05, 0.1) is 19.4 Å². The van der Waals surface area contributed by atoms with Gasteiger partial charge in [-0.1, -0.05) is 71.9 Å². The summed E-state index contributed by atoms with van der Waals surface area (Å²) < 4.78 is 5.43.